The number of nitrogens with zero attached hydrogens (tertiary/aromatic N) is 2. The average molecular weight is 423 g/mol. The van der Waals surface area contributed by atoms with Gasteiger partial charge in [0.25, 0.3) is 5.91 Å². The highest BCUT2D eigenvalue weighted by Gasteiger charge is 2.25. The molecule has 1 N–H and O–H groups in total. The van der Waals surface area contributed by atoms with Crippen molar-refractivity contribution in [2.75, 3.05) is 32.8 Å². The minimum Gasteiger partial charge on any atom is -0.508 e. The van der Waals surface area contributed by atoms with Gasteiger partial charge in [-0.3, -0.25) is 9.59 Å². The van der Waals surface area contributed by atoms with E-state index in [1.807, 2.05) is 0 Å². The van der Waals surface area contributed by atoms with Crippen molar-refractivity contribution < 1.29 is 19.4 Å². The second-order valence-electron chi connectivity index (χ2n) is 6.39. The Balaban J connectivity index is 1.46. The van der Waals surface area contributed by atoms with Gasteiger partial charge in [-0.1, -0.05) is 29.3 Å². The molecular formula is C20H20Cl2N2O4. The molecule has 1 heterocycles. The summed E-state index contributed by atoms with van der Waals surface area (Å²) in [7, 11) is 0. The number of amides is 2. The largest absolute Gasteiger partial charge is 0.508 e. The maximum absolute atomic E-state index is 12.6. The molecule has 1 saturated heterocycles. The Labute approximate surface area is 173 Å². The standard InChI is InChI=1S/C20H20Cl2N2O4/c21-14-4-5-17(18(22)12-14)20(27)24-9-7-23(8-10-24)19(26)6-11-28-16-3-1-2-15(25)13-16/h1-5,12-13,25H,6-11H2. The van der Waals surface area contributed by atoms with Crippen LogP contribution in [0, 0.1) is 0 Å². The molecule has 148 valence electrons. The third kappa shape index (κ3) is 5.09. The van der Waals surface area contributed by atoms with Crippen LogP contribution in [-0.4, -0.2) is 59.5 Å². The number of benzene rings is 2. The second kappa shape index (κ2) is 9.17. The Morgan fingerprint density at radius 2 is 1.71 bits per heavy atom. The Bertz CT molecular complexity index is 867. The van der Waals surface area contributed by atoms with E-state index in [1.54, 1.807) is 46.2 Å². The van der Waals surface area contributed by atoms with Crippen LogP contribution in [0.2, 0.25) is 10.0 Å². The number of hydrogen-bond donors (Lipinski definition) is 1. The lowest BCUT2D eigenvalue weighted by molar-refractivity contribution is -0.133. The molecule has 28 heavy (non-hydrogen) atoms. The highest BCUT2D eigenvalue weighted by molar-refractivity contribution is 6.36. The molecule has 2 aromatic carbocycles. The molecule has 2 amide bonds. The first-order chi connectivity index (χ1) is 13.4. The normalized spacial score (nSPS) is 14.1. The van der Waals surface area contributed by atoms with E-state index in [2.05, 4.69) is 0 Å². The molecule has 1 aliphatic rings. The molecule has 0 aliphatic carbocycles. The molecule has 6 nitrogen and oxygen atoms in total. The number of rotatable bonds is 5. The van der Waals surface area contributed by atoms with Crippen LogP contribution in [0.25, 0.3) is 0 Å². The first-order valence-electron chi connectivity index (χ1n) is 8.88. The zero-order chi connectivity index (χ0) is 20.1. The van der Waals surface area contributed by atoms with Gasteiger partial charge in [0, 0.05) is 37.3 Å². The van der Waals surface area contributed by atoms with Crippen LogP contribution < -0.4 is 4.74 Å². The summed E-state index contributed by atoms with van der Waals surface area (Å²) >= 11 is 12.0. The van der Waals surface area contributed by atoms with Crippen LogP contribution in [0.5, 0.6) is 11.5 Å². The number of carbonyl (C=O) groups excluding carboxylic acids is 2. The summed E-state index contributed by atoms with van der Waals surface area (Å²) in [5.74, 6) is 0.436. The number of carbonyl (C=O) groups is 2. The highest BCUT2D eigenvalue weighted by Crippen LogP contribution is 2.23. The van der Waals surface area contributed by atoms with E-state index < -0.39 is 0 Å². The van der Waals surface area contributed by atoms with E-state index >= 15 is 0 Å². The lowest BCUT2D eigenvalue weighted by atomic mass is 10.1. The molecule has 3 rings (SSSR count). The fourth-order valence-corrected chi connectivity index (χ4v) is 3.47. The lowest BCUT2D eigenvalue weighted by Gasteiger charge is -2.35. The second-order valence-corrected chi connectivity index (χ2v) is 7.24. The number of ether oxygens (including phenoxy) is 1. The van der Waals surface area contributed by atoms with Crippen molar-refractivity contribution >= 4 is 35.0 Å². The number of halogens is 2. The molecule has 0 unspecified atom stereocenters. The van der Waals surface area contributed by atoms with Crippen molar-refractivity contribution in [1.29, 1.82) is 0 Å². The van der Waals surface area contributed by atoms with E-state index in [-0.39, 0.29) is 30.6 Å². The molecule has 0 aromatic heterocycles. The van der Waals surface area contributed by atoms with Gasteiger partial charge >= 0.3 is 0 Å². The van der Waals surface area contributed by atoms with E-state index in [1.165, 1.54) is 6.07 Å². The van der Waals surface area contributed by atoms with Crippen LogP contribution >= 0.6 is 23.2 Å². The number of aromatic hydroxyl groups is 1. The maximum Gasteiger partial charge on any atom is 0.255 e. The third-order valence-corrected chi connectivity index (χ3v) is 5.03. The monoisotopic (exact) mass is 422 g/mol. The van der Waals surface area contributed by atoms with E-state index in [9.17, 15) is 14.7 Å². The molecule has 0 radical (unpaired) electrons. The summed E-state index contributed by atoms with van der Waals surface area (Å²) in [5.41, 5.74) is 0.408. The lowest BCUT2D eigenvalue weighted by Crippen LogP contribution is -2.50. The van der Waals surface area contributed by atoms with Crippen molar-refractivity contribution in [2.24, 2.45) is 0 Å². The van der Waals surface area contributed by atoms with Crippen molar-refractivity contribution in [2.45, 2.75) is 6.42 Å². The minimum atomic E-state index is -0.166. The Morgan fingerprint density at radius 1 is 1.00 bits per heavy atom. The molecule has 0 bridgehead atoms. The third-order valence-electron chi connectivity index (χ3n) is 4.48. The fraction of sp³-hybridized carbons (Fsp3) is 0.300. The summed E-state index contributed by atoms with van der Waals surface area (Å²) in [6.45, 7) is 2.03. The summed E-state index contributed by atoms with van der Waals surface area (Å²) < 4.78 is 5.49. The summed E-state index contributed by atoms with van der Waals surface area (Å²) in [6, 6.07) is 11.2. The zero-order valence-electron chi connectivity index (χ0n) is 15.1. The molecule has 0 saturated carbocycles. The average Bonchev–Trinajstić information content (AvgIpc) is 2.67. The van der Waals surface area contributed by atoms with Gasteiger partial charge in [0.2, 0.25) is 5.91 Å². The summed E-state index contributed by atoms with van der Waals surface area (Å²) in [5, 5.41) is 10.2. The van der Waals surface area contributed by atoms with Gasteiger partial charge in [0.15, 0.2) is 0 Å². The van der Waals surface area contributed by atoms with Gasteiger partial charge in [-0.15, -0.1) is 0 Å². The van der Waals surface area contributed by atoms with Gasteiger partial charge in [0.1, 0.15) is 11.5 Å². The minimum absolute atomic E-state index is 0.0308. The van der Waals surface area contributed by atoms with E-state index in [0.29, 0.717) is 47.5 Å². The smallest absolute Gasteiger partial charge is 0.255 e. The molecule has 2 aromatic rings. The van der Waals surface area contributed by atoms with Gasteiger partial charge in [0.05, 0.1) is 23.6 Å². The predicted octanol–water partition coefficient (Wildman–Crippen LogP) is 3.45. The molecule has 1 aliphatic heterocycles. The summed E-state index contributed by atoms with van der Waals surface area (Å²) in [6.07, 6.45) is 0.229. The Morgan fingerprint density at radius 3 is 2.39 bits per heavy atom. The van der Waals surface area contributed by atoms with Crippen LogP contribution in [0.15, 0.2) is 42.5 Å². The maximum atomic E-state index is 12.6. The van der Waals surface area contributed by atoms with Gasteiger partial charge in [-0.25, -0.2) is 0 Å². The van der Waals surface area contributed by atoms with Crippen molar-refractivity contribution in [3.8, 4) is 11.5 Å². The number of piperazine rings is 1. The van der Waals surface area contributed by atoms with Gasteiger partial charge in [-0.2, -0.15) is 0 Å². The molecule has 0 atom stereocenters. The van der Waals surface area contributed by atoms with Gasteiger partial charge < -0.3 is 19.6 Å². The van der Waals surface area contributed by atoms with Crippen LogP contribution in [0.3, 0.4) is 0 Å². The topological polar surface area (TPSA) is 70.1 Å². The first-order valence-corrected chi connectivity index (χ1v) is 9.63. The summed E-state index contributed by atoms with van der Waals surface area (Å²) in [4.78, 5) is 28.4. The van der Waals surface area contributed by atoms with Crippen molar-refractivity contribution in [3.05, 3.63) is 58.1 Å². The zero-order valence-corrected chi connectivity index (χ0v) is 16.6. The molecule has 8 heteroatoms. The van der Waals surface area contributed by atoms with Gasteiger partial charge in [-0.05, 0) is 30.3 Å². The van der Waals surface area contributed by atoms with Crippen molar-refractivity contribution in [1.82, 2.24) is 9.80 Å². The highest BCUT2D eigenvalue weighted by atomic mass is 35.5. The predicted molar refractivity (Wildman–Crippen MR) is 107 cm³/mol. The number of phenols is 1. The number of hydrogen-bond acceptors (Lipinski definition) is 4. The molecule has 0 spiro atoms. The fourth-order valence-electron chi connectivity index (χ4n) is 2.98. The van der Waals surface area contributed by atoms with E-state index in [4.69, 9.17) is 27.9 Å². The SMILES string of the molecule is O=C(CCOc1cccc(O)c1)N1CCN(C(=O)c2ccc(Cl)cc2Cl)CC1. The van der Waals surface area contributed by atoms with Crippen molar-refractivity contribution in [3.63, 3.8) is 0 Å². The van der Waals surface area contributed by atoms with Crippen LogP contribution in [0.4, 0.5) is 0 Å². The number of phenolic OH excluding ortho intramolecular Hbond substituents is 1. The quantitative estimate of drug-likeness (QED) is 0.800. The van der Waals surface area contributed by atoms with Crippen LogP contribution in [0.1, 0.15) is 16.8 Å². The molecular weight excluding hydrogens is 403 g/mol. The first kappa shape index (κ1) is 20.3. The van der Waals surface area contributed by atoms with Crippen LogP contribution in [-0.2, 0) is 4.79 Å². The molecule has 1 fully saturated rings. The van der Waals surface area contributed by atoms with E-state index in [0.717, 1.165) is 0 Å². The Kier molecular flexibility index (Phi) is 6.65. The Hall–Kier alpha value is -2.44.